The first-order chi connectivity index (χ1) is 10.7. The fourth-order valence-electron chi connectivity index (χ4n) is 2.37. The molecule has 0 spiro atoms. The van der Waals surface area contributed by atoms with Crippen LogP contribution in [0.3, 0.4) is 0 Å². The number of para-hydroxylation sites is 1. The zero-order valence-electron chi connectivity index (χ0n) is 12.0. The lowest BCUT2D eigenvalue weighted by molar-refractivity contribution is -0.115. The Balaban J connectivity index is 1.78. The second kappa shape index (κ2) is 6.12. The molecule has 0 fully saturated rings. The third-order valence-corrected chi connectivity index (χ3v) is 3.80. The average Bonchev–Trinajstić information content (AvgIpc) is 2.93. The summed E-state index contributed by atoms with van der Waals surface area (Å²) in [5.74, 6) is 0.520. The van der Waals surface area contributed by atoms with Gasteiger partial charge in [0.15, 0.2) is 0 Å². The summed E-state index contributed by atoms with van der Waals surface area (Å²) in [5, 5.41) is 4.35. The molecule has 0 aliphatic rings. The number of nitrogens with one attached hydrogen (secondary N) is 2. The predicted molar refractivity (Wildman–Crippen MR) is 88.6 cm³/mol. The van der Waals surface area contributed by atoms with Gasteiger partial charge in [0.1, 0.15) is 5.75 Å². The summed E-state index contributed by atoms with van der Waals surface area (Å²) in [6.07, 6.45) is 2.13. The number of amides is 1. The van der Waals surface area contributed by atoms with Gasteiger partial charge in [-0.3, -0.25) is 4.79 Å². The van der Waals surface area contributed by atoms with Crippen LogP contribution in [0.5, 0.6) is 5.75 Å². The maximum Gasteiger partial charge on any atom is 0.228 e. The van der Waals surface area contributed by atoms with Crippen molar-refractivity contribution in [3.63, 3.8) is 0 Å². The number of ether oxygens (including phenoxy) is 1. The molecule has 0 aliphatic heterocycles. The minimum Gasteiger partial charge on any atom is -0.497 e. The number of benzene rings is 2. The molecule has 2 N–H and O–H groups in total. The van der Waals surface area contributed by atoms with E-state index in [1.165, 1.54) is 0 Å². The number of carbonyl (C=O) groups is 1. The first kappa shape index (κ1) is 14.5. The molecule has 1 amide bonds. The van der Waals surface area contributed by atoms with E-state index in [0.717, 1.165) is 16.5 Å². The largest absolute Gasteiger partial charge is 0.497 e. The normalized spacial score (nSPS) is 10.6. The number of anilines is 1. The summed E-state index contributed by atoms with van der Waals surface area (Å²) in [6.45, 7) is 0. The van der Waals surface area contributed by atoms with Gasteiger partial charge < -0.3 is 15.0 Å². The number of rotatable bonds is 4. The Morgan fingerprint density at radius 1 is 1.27 bits per heavy atom. The standard InChI is InChI=1S/C17H15ClN2O2/c1-22-12-6-7-14(18)16(9-12)20-17(21)8-11-10-19-15-5-3-2-4-13(11)15/h2-7,9-10,19H,8H2,1H3,(H,20,21). The van der Waals surface area contributed by atoms with Crippen LogP contribution in [-0.2, 0) is 11.2 Å². The second-order valence-electron chi connectivity index (χ2n) is 4.93. The number of aromatic nitrogens is 1. The van der Waals surface area contributed by atoms with Gasteiger partial charge in [0.05, 0.1) is 24.2 Å². The van der Waals surface area contributed by atoms with E-state index in [9.17, 15) is 4.79 Å². The number of halogens is 1. The van der Waals surface area contributed by atoms with Crippen LogP contribution in [-0.4, -0.2) is 18.0 Å². The number of hydrogen-bond donors (Lipinski definition) is 2. The first-order valence-corrected chi connectivity index (χ1v) is 7.23. The summed E-state index contributed by atoms with van der Waals surface area (Å²) < 4.78 is 5.14. The van der Waals surface area contributed by atoms with Gasteiger partial charge in [-0.15, -0.1) is 0 Å². The molecule has 0 bridgehead atoms. The number of aromatic amines is 1. The van der Waals surface area contributed by atoms with Crippen LogP contribution in [0.2, 0.25) is 5.02 Å². The van der Waals surface area contributed by atoms with E-state index in [-0.39, 0.29) is 12.3 Å². The highest BCUT2D eigenvalue weighted by molar-refractivity contribution is 6.33. The molecular weight excluding hydrogens is 300 g/mol. The lowest BCUT2D eigenvalue weighted by atomic mass is 10.1. The minimum atomic E-state index is -0.125. The van der Waals surface area contributed by atoms with Crippen LogP contribution in [0, 0.1) is 0 Å². The summed E-state index contributed by atoms with van der Waals surface area (Å²) in [6, 6.07) is 13.0. The molecule has 1 aromatic heterocycles. The molecule has 3 rings (SSSR count). The molecule has 2 aromatic carbocycles. The van der Waals surface area contributed by atoms with E-state index in [2.05, 4.69) is 10.3 Å². The molecule has 0 unspecified atom stereocenters. The van der Waals surface area contributed by atoms with Gasteiger partial charge in [-0.05, 0) is 23.8 Å². The van der Waals surface area contributed by atoms with E-state index < -0.39 is 0 Å². The van der Waals surface area contributed by atoms with Crippen LogP contribution in [0.1, 0.15) is 5.56 Å². The van der Waals surface area contributed by atoms with Crippen LogP contribution in [0.4, 0.5) is 5.69 Å². The number of methoxy groups -OCH3 is 1. The predicted octanol–water partition coefficient (Wildman–Crippen LogP) is 4.01. The van der Waals surface area contributed by atoms with Crippen molar-refractivity contribution < 1.29 is 9.53 Å². The van der Waals surface area contributed by atoms with Crippen molar-refractivity contribution in [2.45, 2.75) is 6.42 Å². The highest BCUT2D eigenvalue weighted by Gasteiger charge is 2.11. The van der Waals surface area contributed by atoms with Crippen LogP contribution in [0.25, 0.3) is 10.9 Å². The van der Waals surface area contributed by atoms with Gasteiger partial charge in [-0.2, -0.15) is 0 Å². The van der Waals surface area contributed by atoms with Crippen molar-refractivity contribution in [1.82, 2.24) is 4.98 Å². The van der Waals surface area contributed by atoms with Gasteiger partial charge in [-0.1, -0.05) is 29.8 Å². The SMILES string of the molecule is COc1ccc(Cl)c(NC(=O)Cc2c[nH]c3ccccc23)c1. The Kier molecular flexibility index (Phi) is 4.02. The number of H-pyrrole nitrogens is 1. The molecular formula is C17H15ClN2O2. The zero-order chi connectivity index (χ0) is 15.5. The van der Waals surface area contributed by atoms with Crippen molar-refractivity contribution in [2.75, 3.05) is 12.4 Å². The zero-order valence-corrected chi connectivity index (χ0v) is 12.8. The summed E-state index contributed by atoms with van der Waals surface area (Å²) >= 11 is 6.10. The highest BCUT2D eigenvalue weighted by atomic mass is 35.5. The Morgan fingerprint density at radius 3 is 2.91 bits per heavy atom. The van der Waals surface area contributed by atoms with Crippen molar-refractivity contribution in [3.05, 3.63) is 59.2 Å². The van der Waals surface area contributed by atoms with Crippen LogP contribution in [0.15, 0.2) is 48.7 Å². The van der Waals surface area contributed by atoms with Gasteiger partial charge >= 0.3 is 0 Å². The van der Waals surface area contributed by atoms with Crippen molar-refractivity contribution in [1.29, 1.82) is 0 Å². The molecule has 0 saturated heterocycles. The Morgan fingerprint density at radius 2 is 2.09 bits per heavy atom. The maximum atomic E-state index is 12.3. The third kappa shape index (κ3) is 2.92. The van der Waals surface area contributed by atoms with E-state index in [0.29, 0.717) is 16.5 Å². The Labute approximate surface area is 133 Å². The van der Waals surface area contributed by atoms with Crippen molar-refractivity contribution >= 4 is 34.1 Å². The van der Waals surface area contributed by atoms with Crippen molar-refractivity contribution in [3.8, 4) is 5.75 Å². The van der Waals surface area contributed by atoms with Crippen LogP contribution < -0.4 is 10.1 Å². The van der Waals surface area contributed by atoms with Gasteiger partial charge in [0.25, 0.3) is 0 Å². The summed E-state index contributed by atoms with van der Waals surface area (Å²) in [4.78, 5) is 15.4. The monoisotopic (exact) mass is 314 g/mol. The van der Waals surface area contributed by atoms with E-state index in [1.54, 1.807) is 25.3 Å². The molecule has 112 valence electrons. The molecule has 5 heteroatoms. The summed E-state index contributed by atoms with van der Waals surface area (Å²) in [7, 11) is 1.57. The second-order valence-corrected chi connectivity index (χ2v) is 5.34. The first-order valence-electron chi connectivity index (χ1n) is 6.86. The molecule has 0 saturated carbocycles. The molecule has 0 atom stereocenters. The highest BCUT2D eigenvalue weighted by Crippen LogP contribution is 2.27. The fraction of sp³-hybridized carbons (Fsp3) is 0.118. The topological polar surface area (TPSA) is 54.1 Å². The third-order valence-electron chi connectivity index (χ3n) is 3.47. The molecule has 0 aliphatic carbocycles. The Bertz CT molecular complexity index is 826. The van der Waals surface area contributed by atoms with Crippen LogP contribution >= 0.6 is 11.6 Å². The van der Waals surface area contributed by atoms with Gasteiger partial charge in [0.2, 0.25) is 5.91 Å². The quantitative estimate of drug-likeness (QED) is 0.764. The molecule has 3 aromatic rings. The average molecular weight is 315 g/mol. The number of carbonyl (C=O) groups excluding carboxylic acids is 1. The lowest BCUT2D eigenvalue weighted by Crippen LogP contribution is -2.14. The number of hydrogen-bond acceptors (Lipinski definition) is 2. The molecule has 22 heavy (non-hydrogen) atoms. The van der Waals surface area contributed by atoms with E-state index in [1.807, 2.05) is 30.5 Å². The van der Waals surface area contributed by atoms with Crippen molar-refractivity contribution in [2.24, 2.45) is 0 Å². The molecule has 4 nitrogen and oxygen atoms in total. The molecule has 1 heterocycles. The fourth-order valence-corrected chi connectivity index (χ4v) is 2.54. The smallest absolute Gasteiger partial charge is 0.228 e. The van der Waals surface area contributed by atoms with E-state index >= 15 is 0 Å². The molecule has 0 radical (unpaired) electrons. The maximum absolute atomic E-state index is 12.3. The number of fused-ring (bicyclic) bond motifs is 1. The minimum absolute atomic E-state index is 0.125. The Hall–Kier alpha value is -2.46. The lowest BCUT2D eigenvalue weighted by Gasteiger charge is -2.09. The summed E-state index contributed by atoms with van der Waals surface area (Å²) in [5.41, 5.74) is 2.52. The van der Waals surface area contributed by atoms with Gasteiger partial charge in [0, 0.05) is 23.2 Å². The van der Waals surface area contributed by atoms with E-state index in [4.69, 9.17) is 16.3 Å². The van der Waals surface area contributed by atoms with Gasteiger partial charge in [-0.25, -0.2) is 0 Å².